The van der Waals surface area contributed by atoms with Crippen LogP contribution < -0.4 is 10.6 Å². The Morgan fingerprint density at radius 3 is 2.62 bits per heavy atom. The highest BCUT2D eigenvalue weighted by molar-refractivity contribution is 5.74. The maximum absolute atomic E-state index is 11.7. The molecule has 5 heteroatoms. The van der Waals surface area contributed by atoms with Crippen LogP contribution in [0.2, 0.25) is 0 Å². The van der Waals surface area contributed by atoms with Gasteiger partial charge in [-0.2, -0.15) is 0 Å². The maximum Gasteiger partial charge on any atom is 0.329 e. The summed E-state index contributed by atoms with van der Waals surface area (Å²) < 4.78 is 3.18. The van der Waals surface area contributed by atoms with Crippen LogP contribution in [0, 0.1) is 0 Å². The van der Waals surface area contributed by atoms with E-state index in [0.717, 1.165) is 23.5 Å². The molecule has 2 rings (SSSR count). The van der Waals surface area contributed by atoms with E-state index in [9.17, 15) is 4.79 Å². The summed E-state index contributed by atoms with van der Waals surface area (Å²) in [5, 5.41) is 0. The quantitative estimate of drug-likeness (QED) is 0.749. The zero-order valence-electron chi connectivity index (χ0n) is 10.1. The van der Waals surface area contributed by atoms with Crippen molar-refractivity contribution in [3.05, 3.63) is 22.6 Å². The molecule has 5 nitrogen and oxygen atoms in total. The zero-order valence-corrected chi connectivity index (χ0v) is 10.1. The van der Waals surface area contributed by atoms with Gasteiger partial charge < -0.3 is 4.90 Å². The Morgan fingerprint density at radius 2 is 2.00 bits per heavy atom. The number of hydrogen-bond acceptors (Lipinski definition) is 3. The Balaban J connectivity index is 2.71. The molecular formula is C11H16N4O. The predicted molar refractivity (Wildman–Crippen MR) is 64.9 cm³/mol. The minimum atomic E-state index is -0.0428. The first-order valence-corrected chi connectivity index (χ1v) is 5.30. The molecule has 86 valence electrons. The fraction of sp³-hybridized carbons (Fsp3) is 0.455. The number of pyridine rings is 1. The van der Waals surface area contributed by atoms with Crippen molar-refractivity contribution in [3.63, 3.8) is 0 Å². The van der Waals surface area contributed by atoms with E-state index in [0.29, 0.717) is 0 Å². The molecule has 0 spiro atoms. The van der Waals surface area contributed by atoms with Crippen LogP contribution in [0.5, 0.6) is 0 Å². The lowest BCUT2D eigenvalue weighted by molar-refractivity contribution is 0.791. The fourth-order valence-electron chi connectivity index (χ4n) is 1.73. The number of fused-ring (bicyclic) bond motifs is 1. The predicted octanol–water partition coefficient (Wildman–Crippen LogP) is 0.728. The number of nitrogens with zero attached hydrogens (tertiary/aromatic N) is 4. The Bertz CT molecular complexity index is 581. The fourth-order valence-corrected chi connectivity index (χ4v) is 1.73. The third-order valence-electron chi connectivity index (χ3n) is 2.96. The topological polar surface area (TPSA) is 43.1 Å². The van der Waals surface area contributed by atoms with Crippen LogP contribution in [0.4, 0.5) is 5.82 Å². The van der Waals surface area contributed by atoms with Crippen LogP contribution in [0.15, 0.2) is 16.9 Å². The molecular weight excluding hydrogens is 204 g/mol. The summed E-state index contributed by atoms with van der Waals surface area (Å²) in [4.78, 5) is 18.2. The van der Waals surface area contributed by atoms with E-state index in [1.165, 1.54) is 0 Å². The van der Waals surface area contributed by atoms with Crippen LogP contribution in [0.3, 0.4) is 0 Å². The second-order valence-corrected chi connectivity index (χ2v) is 3.93. The largest absolute Gasteiger partial charge is 0.360 e. The number of imidazole rings is 1. The molecule has 16 heavy (non-hydrogen) atoms. The van der Waals surface area contributed by atoms with Crippen molar-refractivity contribution in [3.8, 4) is 0 Å². The van der Waals surface area contributed by atoms with E-state index in [2.05, 4.69) is 11.9 Å². The summed E-state index contributed by atoms with van der Waals surface area (Å²) in [5.74, 6) is 0.885. The molecule has 0 unspecified atom stereocenters. The molecule has 0 bridgehead atoms. The third kappa shape index (κ3) is 1.39. The van der Waals surface area contributed by atoms with E-state index in [-0.39, 0.29) is 5.69 Å². The van der Waals surface area contributed by atoms with Crippen LogP contribution in [0.1, 0.15) is 6.92 Å². The van der Waals surface area contributed by atoms with Crippen molar-refractivity contribution in [2.75, 3.05) is 18.5 Å². The molecule has 0 aromatic carbocycles. The average molecular weight is 220 g/mol. The number of anilines is 1. The van der Waals surface area contributed by atoms with E-state index < -0.39 is 0 Å². The number of rotatable bonds is 2. The molecule has 0 atom stereocenters. The molecule has 0 aliphatic heterocycles. The highest BCUT2D eigenvalue weighted by Crippen LogP contribution is 2.15. The highest BCUT2D eigenvalue weighted by atomic mass is 16.1. The van der Waals surface area contributed by atoms with Gasteiger partial charge in [0.1, 0.15) is 5.82 Å². The standard InChI is InChI=1S/C11H16N4O/c1-5-13(2)9-7-6-8-10(12-9)15(4)11(16)14(8)3/h6-7H,5H2,1-4H3. The second-order valence-electron chi connectivity index (χ2n) is 3.93. The molecule has 0 aliphatic carbocycles. The minimum Gasteiger partial charge on any atom is -0.360 e. The molecule has 0 N–H and O–H groups in total. The molecule has 0 saturated heterocycles. The molecule has 2 heterocycles. The summed E-state index contributed by atoms with van der Waals surface area (Å²) in [7, 11) is 5.48. The Morgan fingerprint density at radius 1 is 1.31 bits per heavy atom. The number of aromatic nitrogens is 3. The van der Waals surface area contributed by atoms with Crippen LogP contribution in [0.25, 0.3) is 11.2 Å². The minimum absolute atomic E-state index is 0.0428. The normalized spacial score (nSPS) is 11.0. The molecule has 0 saturated carbocycles. The van der Waals surface area contributed by atoms with Gasteiger partial charge in [0.25, 0.3) is 0 Å². The summed E-state index contributed by atoms with van der Waals surface area (Å²) in [6, 6.07) is 3.87. The van der Waals surface area contributed by atoms with Crippen molar-refractivity contribution >= 4 is 17.0 Å². The van der Waals surface area contributed by atoms with Gasteiger partial charge in [0, 0.05) is 27.7 Å². The Hall–Kier alpha value is -1.78. The molecule has 0 amide bonds. The van der Waals surface area contributed by atoms with Gasteiger partial charge in [-0.25, -0.2) is 9.78 Å². The van der Waals surface area contributed by atoms with Crippen molar-refractivity contribution in [2.24, 2.45) is 14.1 Å². The van der Waals surface area contributed by atoms with E-state index in [1.807, 2.05) is 24.1 Å². The first kappa shape index (κ1) is 10.7. The zero-order chi connectivity index (χ0) is 11.9. The van der Waals surface area contributed by atoms with E-state index in [4.69, 9.17) is 0 Å². The first-order chi connectivity index (χ1) is 7.56. The third-order valence-corrected chi connectivity index (χ3v) is 2.96. The lowest BCUT2D eigenvalue weighted by Gasteiger charge is -2.15. The SMILES string of the molecule is CCN(C)c1ccc2c(n1)n(C)c(=O)n2C. The van der Waals surface area contributed by atoms with Gasteiger partial charge in [-0.1, -0.05) is 0 Å². The van der Waals surface area contributed by atoms with Gasteiger partial charge in [0.2, 0.25) is 0 Å². The van der Waals surface area contributed by atoms with Crippen molar-refractivity contribution in [1.29, 1.82) is 0 Å². The highest BCUT2D eigenvalue weighted by Gasteiger charge is 2.10. The van der Waals surface area contributed by atoms with Crippen LogP contribution >= 0.6 is 0 Å². The average Bonchev–Trinajstić information content (AvgIpc) is 2.53. The van der Waals surface area contributed by atoms with Crippen molar-refractivity contribution < 1.29 is 0 Å². The smallest absolute Gasteiger partial charge is 0.329 e. The van der Waals surface area contributed by atoms with Gasteiger partial charge >= 0.3 is 5.69 Å². The van der Waals surface area contributed by atoms with Crippen LogP contribution in [-0.4, -0.2) is 27.7 Å². The van der Waals surface area contributed by atoms with E-state index >= 15 is 0 Å². The summed E-state index contributed by atoms with van der Waals surface area (Å²) in [5.41, 5.74) is 1.55. The van der Waals surface area contributed by atoms with Gasteiger partial charge in [-0.15, -0.1) is 0 Å². The first-order valence-electron chi connectivity index (χ1n) is 5.30. The molecule has 0 fully saturated rings. The Kier molecular flexibility index (Phi) is 2.46. The summed E-state index contributed by atoms with van der Waals surface area (Å²) in [6.07, 6.45) is 0. The van der Waals surface area contributed by atoms with Crippen LogP contribution in [-0.2, 0) is 14.1 Å². The van der Waals surface area contributed by atoms with E-state index in [1.54, 1.807) is 23.2 Å². The lowest BCUT2D eigenvalue weighted by atomic mass is 10.4. The van der Waals surface area contributed by atoms with Gasteiger partial charge in [-0.3, -0.25) is 9.13 Å². The molecule has 2 aromatic rings. The Labute approximate surface area is 93.9 Å². The summed E-state index contributed by atoms with van der Waals surface area (Å²) >= 11 is 0. The van der Waals surface area contributed by atoms with Crippen molar-refractivity contribution in [1.82, 2.24) is 14.1 Å². The molecule has 0 radical (unpaired) electrons. The van der Waals surface area contributed by atoms with Gasteiger partial charge in [0.05, 0.1) is 5.52 Å². The molecule has 2 aromatic heterocycles. The molecule has 0 aliphatic rings. The summed E-state index contributed by atoms with van der Waals surface area (Å²) in [6.45, 7) is 2.95. The number of hydrogen-bond donors (Lipinski definition) is 0. The second kappa shape index (κ2) is 3.66. The maximum atomic E-state index is 11.7. The number of aryl methyl sites for hydroxylation is 2. The monoisotopic (exact) mass is 220 g/mol. The van der Waals surface area contributed by atoms with Crippen molar-refractivity contribution in [2.45, 2.75) is 6.92 Å². The van der Waals surface area contributed by atoms with Gasteiger partial charge in [0.15, 0.2) is 5.65 Å². The lowest BCUT2D eigenvalue weighted by Crippen LogP contribution is -2.19. The van der Waals surface area contributed by atoms with Gasteiger partial charge in [-0.05, 0) is 19.1 Å².